The molecule has 1 aromatic carbocycles. The van der Waals surface area contributed by atoms with Gasteiger partial charge in [0.25, 0.3) is 5.91 Å². The molecule has 4 rings (SSSR count). The van der Waals surface area contributed by atoms with Crippen molar-refractivity contribution in [3.8, 4) is 17.0 Å². The second kappa shape index (κ2) is 9.46. The zero-order valence-corrected chi connectivity index (χ0v) is 18.7. The van der Waals surface area contributed by atoms with Crippen LogP contribution >= 0.6 is 0 Å². The van der Waals surface area contributed by atoms with Gasteiger partial charge in [0.2, 0.25) is 0 Å². The third-order valence-corrected chi connectivity index (χ3v) is 5.41. The highest BCUT2D eigenvalue weighted by atomic mass is 16.5. The molecule has 0 spiro atoms. The van der Waals surface area contributed by atoms with E-state index in [1.165, 1.54) is 0 Å². The minimum absolute atomic E-state index is 0.165. The van der Waals surface area contributed by atoms with E-state index in [9.17, 15) is 4.79 Å². The summed E-state index contributed by atoms with van der Waals surface area (Å²) in [6, 6.07) is 7.63. The van der Waals surface area contributed by atoms with Gasteiger partial charge in [-0.1, -0.05) is 5.16 Å². The molecule has 1 fully saturated rings. The lowest BCUT2D eigenvalue weighted by molar-refractivity contribution is -0.0249. The Labute approximate surface area is 187 Å². The van der Waals surface area contributed by atoms with Crippen molar-refractivity contribution in [2.75, 3.05) is 40.9 Å². The molecular formula is C23H27N5O4. The number of rotatable bonds is 6. The van der Waals surface area contributed by atoms with E-state index >= 15 is 0 Å². The Morgan fingerprint density at radius 1 is 1.22 bits per heavy atom. The molecule has 3 aromatic rings. The summed E-state index contributed by atoms with van der Waals surface area (Å²) in [5.74, 6) is 1.26. The summed E-state index contributed by atoms with van der Waals surface area (Å²) in [5, 5.41) is 4.05. The average Bonchev–Trinajstić information content (AvgIpc) is 3.18. The number of nitrogens with zero attached hydrogens (tertiary/aromatic N) is 5. The molecule has 1 aliphatic heterocycles. The molecule has 0 unspecified atom stereocenters. The van der Waals surface area contributed by atoms with E-state index in [2.05, 4.69) is 15.1 Å². The van der Waals surface area contributed by atoms with E-state index < -0.39 is 6.10 Å². The van der Waals surface area contributed by atoms with Crippen LogP contribution in [0.5, 0.6) is 5.75 Å². The summed E-state index contributed by atoms with van der Waals surface area (Å²) in [6.45, 7) is 3.63. The van der Waals surface area contributed by atoms with Crippen LogP contribution < -0.4 is 4.74 Å². The van der Waals surface area contributed by atoms with Crippen LogP contribution in [-0.4, -0.2) is 71.7 Å². The van der Waals surface area contributed by atoms with Crippen LogP contribution in [0.25, 0.3) is 11.3 Å². The molecule has 0 radical (unpaired) electrons. The maximum Gasteiger partial charge on any atom is 0.276 e. The van der Waals surface area contributed by atoms with E-state index in [1.54, 1.807) is 24.4 Å². The highest BCUT2D eigenvalue weighted by Gasteiger charge is 2.32. The van der Waals surface area contributed by atoms with Crippen molar-refractivity contribution in [2.45, 2.75) is 19.6 Å². The fourth-order valence-corrected chi connectivity index (χ4v) is 3.77. The zero-order valence-electron chi connectivity index (χ0n) is 18.7. The van der Waals surface area contributed by atoms with Crippen LogP contribution in [0, 0.1) is 6.92 Å². The lowest BCUT2D eigenvalue weighted by atomic mass is 10.0. The summed E-state index contributed by atoms with van der Waals surface area (Å²) >= 11 is 0. The number of amides is 1. The average molecular weight is 438 g/mol. The van der Waals surface area contributed by atoms with Crippen molar-refractivity contribution in [3.63, 3.8) is 0 Å². The van der Waals surface area contributed by atoms with Crippen molar-refractivity contribution in [1.82, 2.24) is 24.9 Å². The predicted molar refractivity (Wildman–Crippen MR) is 117 cm³/mol. The van der Waals surface area contributed by atoms with Crippen LogP contribution in [0.15, 0.2) is 41.2 Å². The van der Waals surface area contributed by atoms with Gasteiger partial charge in [0.15, 0.2) is 5.69 Å². The van der Waals surface area contributed by atoms with Gasteiger partial charge in [-0.3, -0.25) is 14.8 Å². The summed E-state index contributed by atoms with van der Waals surface area (Å²) in [4.78, 5) is 26.1. The van der Waals surface area contributed by atoms with Crippen molar-refractivity contribution in [3.05, 3.63) is 59.4 Å². The van der Waals surface area contributed by atoms with Crippen molar-refractivity contribution < 1.29 is 18.8 Å². The molecule has 0 bridgehead atoms. The molecule has 2 aromatic heterocycles. The number of carbonyl (C=O) groups excluding carboxylic acids is 1. The Hall–Kier alpha value is -3.30. The quantitative estimate of drug-likeness (QED) is 0.581. The standard InChI is InChI=1S/C23H27N5O4/c1-15-18(13-27(2)3)21(26-32-15)23(29)28-11-12-31-19(14-28)22-20(24-9-10-25-22)16-5-7-17(30-4)8-6-16/h5-10,19H,11-14H2,1-4H3/t19-/m1/s1. The van der Waals surface area contributed by atoms with E-state index in [0.717, 1.165) is 22.6 Å². The number of aromatic nitrogens is 3. The lowest BCUT2D eigenvalue weighted by Crippen LogP contribution is -2.43. The van der Waals surface area contributed by atoms with E-state index in [1.807, 2.05) is 50.2 Å². The van der Waals surface area contributed by atoms with Gasteiger partial charge >= 0.3 is 0 Å². The molecule has 168 valence electrons. The molecule has 1 amide bonds. The second-order valence-corrected chi connectivity index (χ2v) is 7.93. The molecule has 9 nitrogen and oxygen atoms in total. The molecule has 32 heavy (non-hydrogen) atoms. The molecule has 0 aliphatic carbocycles. The normalized spacial score (nSPS) is 16.4. The Kier molecular flexibility index (Phi) is 6.48. The van der Waals surface area contributed by atoms with Crippen molar-refractivity contribution in [2.24, 2.45) is 0 Å². The number of morpholine rings is 1. The third kappa shape index (κ3) is 4.49. The van der Waals surface area contributed by atoms with Crippen molar-refractivity contribution in [1.29, 1.82) is 0 Å². The maximum absolute atomic E-state index is 13.3. The van der Waals surface area contributed by atoms with Crippen LogP contribution in [0.4, 0.5) is 0 Å². The van der Waals surface area contributed by atoms with Gasteiger partial charge in [-0.15, -0.1) is 0 Å². The first-order valence-corrected chi connectivity index (χ1v) is 10.4. The highest BCUT2D eigenvalue weighted by molar-refractivity contribution is 5.94. The second-order valence-electron chi connectivity index (χ2n) is 7.93. The van der Waals surface area contributed by atoms with Crippen molar-refractivity contribution >= 4 is 5.91 Å². The summed E-state index contributed by atoms with van der Waals surface area (Å²) in [6.07, 6.45) is 2.90. The summed E-state index contributed by atoms with van der Waals surface area (Å²) < 4.78 is 16.6. The number of aryl methyl sites for hydroxylation is 1. The maximum atomic E-state index is 13.3. The van der Waals surface area contributed by atoms with Gasteiger partial charge in [0.1, 0.15) is 17.6 Å². The fourth-order valence-electron chi connectivity index (χ4n) is 3.77. The van der Waals surface area contributed by atoms with E-state index in [4.69, 9.17) is 14.0 Å². The first-order chi connectivity index (χ1) is 15.5. The van der Waals surface area contributed by atoms with E-state index in [-0.39, 0.29) is 5.91 Å². The molecule has 0 N–H and O–H groups in total. The van der Waals surface area contributed by atoms with Gasteiger partial charge in [-0.05, 0) is 45.3 Å². The number of hydrogen-bond donors (Lipinski definition) is 0. The Morgan fingerprint density at radius 3 is 2.69 bits per heavy atom. The SMILES string of the molecule is COc1ccc(-c2nccnc2[C@H]2CN(C(=O)c3noc(C)c3CN(C)C)CCO2)cc1. The lowest BCUT2D eigenvalue weighted by Gasteiger charge is -2.33. The molecular weight excluding hydrogens is 410 g/mol. The predicted octanol–water partition coefficient (Wildman–Crippen LogP) is 2.72. The van der Waals surface area contributed by atoms with Gasteiger partial charge in [-0.2, -0.15) is 0 Å². The largest absolute Gasteiger partial charge is 0.497 e. The first-order valence-electron chi connectivity index (χ1n) is 10.4. The minimum Gasteiger partial charge on any atom is -0.497 e. The molecule has 1 atom stereocenters. The zero-order chi connectivity index (χ0) is 22.7. The smallest absolute Gasteiger partial charge is 0.276 e. The Bertz CT molecular complexity index is 1080. The number of carbonyl (C=O) groups is 1. The van der Waals surface area contributed by atoms with Crippen LogP contribution in [-0.2, 0) is 11.3 Å². The van der Waals surface area contributed by atoms with Gasteiger partial charge < -0.3 is 23.8 Å². The summed E-state index contributed by atoms with van der Waals surface area (Å²) in [7, 11) is 5.52. The first kappa shape index (κ1) is 21.9. The molecule has 3 heterocycles. The molecule has 1 saturated heterocycles. The Balaban J connectivity index is 1.58. The molecule has 1 aliphatic rings. The van der Waals surface area contributed by atoms with E-state index in [0.29, 0.717) is 43.4 Å². The topological polar surface area (TPSA) is 93.8 Å². The van der Waals surface area contributed by atoms with Gasteiger partial charge in [-0.25, -0.2) is 0 Å². The van der Waals surface area contributed by atoms with Gasteiger partial charge in [0.05, 0.1) is 31.6 Å². The number of benzene rings is 1. The third-order valence-electron chi connectivity index (χ3n) is 5.41. The minimum atomic E-state index is -0.399. The Morgan fingerprint density at radius 2 is 1.97 bits per heavy atom. The molecule has 0 saturated carbocycles. The highest BCUT2D eigenvalue weighted by Crippen LogP contribution is 2.30. The number of hydrogen-bond acceptors (Lipinski definition) is 8. The summed E-state index contributed by atoms with van der Waals surface area (Å²) in [5.41, 5.74) is 3.48. The number of methoxy groups -OCH3 is 1. The van der Waals surface area contributed by atoms with Crippen LogP contribution in [0.3, 0.4) is 0 Å². The van der Waals surface area contributed by atoms with Crippen LogP contribution in [0.2, 0.25) is 0 Å². The fraction of sp³-hybridized carbons (Fsp3) is 0.391. The number of ether oxygens (including phenoxy) is 2. The monoisotopic (exact) mass is 437 g/mol. The molecule has 9 heteroatoms. The van der Waals surface area contributed by atoms with Gasteiger partial charge in [0, 0.05) is 36.6 Å². The van der Waals surface area contributed by atoms with Crippen LogP contribution in [0.1, 0.15) is 33.6 Å².